The van der Waals surface area contributed by atoms with Gasteiger partial charge in [-0.3, -0.25) is 9.71 Å². The summed E-state index contributed by atoms with van der Waals surface area (Å²) in [6, 6.07) is 7.90. The summed E-state index contributed by atoms with van der Waals surface area (Å²) in [6.07, 6.45) is -2.04. The molecule has 0 bridgehead atoms. The van der Waals surface area contributed by atoms with Crippen LogP contribution in [0.25, 0.3) is 11.3 Å². The number of rotatable bonds is 4. The van der Waals surface area contributed by atoms with Gasteiger partial charge in [-0.25, -0.2) is 13.6 Å². The number of thiazole rings is 1. The average Bonchev–Trinajstić information content (AvgIpc) is 3.08. The lowest BCUT2D eigenvalue weighted by Gasteiger charge is -2.12. The molecule has 1 N–H and O–H groups in total. The molecule has 0 aliphatic carbocycles. The minimum atomic E-state index is -4.53. The van der Waals surface area contributed by atoms with Crippen LogP contribution in [-0.4, -0.2) is 25.3 Å². The van der Waals surface area contributed by atoms with E-state index in [1.807, 2.05) is 0 Å². The van der Waals surface area contributed by atoms with E-state index in [0.29, 0.717) is 26.8 Å². The Balaban J connectivity index is 1.86. The summed E-state index contributed by atoms with van der Waals surface area (Å²) in [7, 11) is -2.81. The van der Waals surface area contributed by atoms with Crippen molar-refractivity contribution < 1.29 is 21.8 Å². The Bertz CT molecular complexity index is 1100. The van der Waals surface area contributed by atoms with Gasteiger partial charge in [0.05, 0.1) is 15.4 Å². The van der Waals surface area contributed by atoms with Crippen LogP contribution in [-0.2, 0) is 15.9 Å². The smallest absolute Gasteiger partial charge is 0.288 e. The molecule has 3 rings (SSSR count). The summed E-state index contributed by atoms with van der Waals surface area (Å²) in [5.74, 6) is -0.357. The lowest BCUT2D eigenvalue weighted by molar-refractivity contribution is -0.141. The van der Waals surface area contributed by atoms with Crippen molar-refractivity contribution >= 4 is 31.0 Å². The zero-order valence-corrected chi connectivity index (χ0v) is 16.4. The summed E-state index contributed by atoms with van der Waals surface area (Å²) >= 11 is 1.22. The zero-order chi connectivity index (χ0) is 20.5. The van der Waals surface area contributed by atoms with Crippen molar-refractivity contribution in [3.05, 3.63) is 65.0 Å². The molecule has 0 spiro atoms. The number of pyridine rings is 1. The van der Waals surface area contributed by atoms with Gasteiger partial charge < -0.3 is 0 Å². The Hall–Kier alpha value is -2.46. The minimum absolute atomic E-state index is 0.336. The van der Waals surface area contributed by atoms with Gasteiger partial charge in [-0.2, -0.15) is 13.2 Å². The number of nitrogens with zero attached hydrogens (tertiary/aromatic N) is 2. The minimum Gasteiger partial charge on any atom is -0.288 e. The van der Waals surface area contributed by atoms with Gasteiger partial charge >= 0.3 is 6.18 Å². The van der Waals surface area contributed by atoms with E-state index in [0.717, 1.165) is 12.3 Å². The number of nitrogens with one attached hydrogen (secondary N) is 1. The number of hydrogen-bond acceptors (Lipinski definition) is 4. The van der Waals surface area contributed by atoms with Crippen LogP contribution in [0.1, 0.15) is 18.2 Å². The lowest BCUT2D eigenvalue weighted by atomic mass is 10.2. The molecule has 4 nitrogen and oxygen atoms in total. The molecule has 10 heteroatoms. The van der Waals surface area contributed by atoms with E-state index >= 15 is 0 Å². The Morgan fingerprint density at radius 1 is 1.14 bits per heavy atom. The van der Waals surface area contributed by atoms with Crippen molar-refractivity contribution in [1.82, 2.24) is 9.97 Å². The Morgan fingerprint density at radius 2 is 1.82 bits per heavy atom. The SMILES string of the molecule is CC(c1ccc(C(F)(F)F)nc1)=S(C)(=O)Nc1nc(-c2ccc(F)cc2)cs1. The van der Waals surface area contributed by atoms with Gasteiger partial charge in [-0.15, -0.1) is 11.3 Å². The second-order valence-corrected chi connectivity index (χ2v) is 9.34. The fourth-order valence-corrected chi connectivity index (χ4v) is 4.65. The van der Waals surface area contributed by atoms with Crippen LogP contribution in [0.4, 0.5) is 22.7 Å². The molecule has 0 radical (unpaired) electrons. The zero-order valence-electron chi connectivity index (χ0n) is 14.7. The maximum atomic E-state index is 13.0. The van der Waals surface area contributed by atoms with Crippen molar-refractivity contribution in [3.63, 3.8) is 0 Å². The number of aromatic nitrogens is 2. The summed E-state index contributed by atoms with van der Waals surface area (Å²) in [4.78, 5) is 8.10. The number of halogens is 4. The van der Waals surface area contributed by atoms with E-state index in [2.05, 4.69) is 14.7 Å². The van der Waals surface area contributed by atoms with Crippen molar-refractivity contribution in [1.29, 1.82) is 0 Å². The monoisotopic (exact) mass is 429 g/mol. The van der Waals surface area contributed by atoms with Crippen molar-refractivity contribution in [2.75, 3.05) is 11.0 Å². The van der Waals surface area contributed by atoms with Gasteiger partial charge in [0.15, 0.2) is 5.13 Å². The largest absolute Gasteiger partial charge is 0.433 e. The maximum absolute atomic E-state index is 13.0. The highest BCUT2D eigenvalue weighted by molar-refractivity contribution is 8.03. The first kappa shape index (κ1) is 20.3. The Kier molecular flexibility index (Phi) is 5.44. The van der Waals surface area contributed by atoms with Crippen LogP contribution in [0.15, 0.2) is 48.0 Å². The van der Waals surface area contributed by atoms with Crippen LogP contribution in [0.5, 0.6) is 0 Å². The Labute approximate surface area is 163 Å². The normalized spacial score (nSPS) is 13.8. The van der Waals surface area contributed by atoms with E-state index in [1.165, 1.54) is 35.8 Å². The van der Waals surface area contributed by atoms with Gasteiger partial charge in [0, 0.05) is 33.8 Å². The molecule has 0 saturated carbocycles. The molecule has 1 aromatic carbocycles. The van der Waals surface area contributed by atoms with Gasteiger partial charge in [-0.1, -0.05) is 6.07 Å². The third kappa shape index (κ3) is 4.50. The second-order valence-electron chi connectivity index (χ2n) is 5.98. The average molecular weight is 429 g/mol. The Morgan fingerprint density at radius 3 is 2.39 bits per heavy atom. The lowest BCUT2D eigenvalue weighted by Crippen LogP contribution is -2.20. The first-order valence-electron chi connectivity index (χ1n) is 7.92. The number of alkyl halides is 3. The molecule has 0 aliphatic heterocycles. The molecule has 0 aliphatic rings. The van der Waals surface area contributed by atoms with E-state index < -0.39 is 21.6 Å². The van der Waals surface area contributed by atoms with E-state index in [1.54, 1.807) is 24.4 Å². The second kappa shape index (κ2) is 7.51. The molecule has 2 heterocycles. The van der Waals surface area contributed by atoms with Gasteiger partial charge in [0.1, 0.15) is 11.5 Å². The standard InChI is InChI=1S/C18H15F4N3OS2/c1-11(13-5-8-16(23-9-13)18(20,21)22)28(2,26)25-17-24-15(10-27-17)12-3-6-14(19)7-4-12/h3-10H,1-2H3,(H,24,25,26). The van der Waals surface area contributed by atoms with Crippen LogP contribution < -0.4 is 4.72 Å². The number of benzene rings is 1. The van der Waals surface area contributed by atoms with Crippen LogP contribution in [0.3, 0.4) is 0 Å². The molecule has 2 aromatic heterocycles. The van der Waals surface area contributed by atoms with Crippen LogP contribution in [0, 0.1) is 5.82 Å². The molecule has 0 fully saturated rings. The molecule has 1 unspecified atom stereocenters. The molecule has 1 atom stereocenters. The summed E-state index contributed by atoms with van der Waals surface area (Å²) in [5.41, 5.74) is 0.629. The van der Waals surface area contributed by atoms with Crippen molar-refractivity contribution in [2.45, 2.75) is 13.1 Å². The van der Waals surface area contributed by atoms with Crippen molar-refractivity contribution in [2.24, 2.45) is 0 Å². The van der Waals surface area contributed by atoms with E-state index in [-0.39, 0.29) is 5.82 Å². The first-order valence-corrected chi connectivity index (χ1v) is 10.8. The van der Waals surface area contributed by atoms with Gasteiger partial charge in [0.25, 0.3) is 0 Å². The van der Waals surface area contributed by atoms with Crippen molar-refractivity contribution in [3.8, 4) is 11.3 Å². The van der Waals surface area contributed by atoms with E-state index in [4.69, 9.17) is 0 Å². The predicted molar refractivity (Wildman–Crippen MR) is 104 cm³/mol. The molecular formula is C18H15F4N3OS2. The highest BCUT2D eigenvalue weighted by atomic mass is 32.2. The number of hydrogen-bond donors (Lipinski definition) is 1. The number of anilines is 1. The molecule has 0 saturated heterocycles. The first-order chi connectivity index (χ1) is 13.1. The third-order valence-electron chi connectivity index (χ3n) is 3.97. The van der Waals surface area contributed by atoms with E-state index in [9.17, 15) is 21.8 Å². The predicted octanol–water partition coefficient (Wildman–Crippen LogP) is 4.84. The molecular weight excluding hydrogens is 414 g/mol. The maximum Gasteiger partial charge on any atom is 0.433 e. The summed E-state index contributed by atoms with van der Waals surface area (Å²) in [5, 5.41) is 2.12. The fraction of sp³-hybridized carbons (Fsp3) is 0.167. The fourth-order valence-electron chi connectivity index (χ4n) is 2.31. The summed E-state index contributed by atoms with van der Waals surface area (Å²) < 4.78 is 66.8. The molecule has 148 valence electrons. The molecule has 3 aromatic rings. The van der Waals surface area contributed by atoms with Gasteiger partial charge in [-0.05, 0) is 37.3 Å². The highest BCUT2D eigenvalue weighted by Gasteiger charge is 2.32. The van der Waals surface area contributed by atoms with Crippen LogP contribution >= 0.6 is 11.3 Å². The van der Waals surface area contributed by atoms with Gasteiger partial charge in [0.2, 0.25) is 0 Å². The highest BCUT2D eigenvalue weighted by Crippen LogP contribution is 2.28. The third-order valence-corrected chi connectivity index (χ3v) is 6.85. The summed E-state index contributed by atoms with van der Waals surface area (Å²) in [6.45, 7) is 1.56. The quantitative estimate of drug-likeness (QED) is 0.367. The van der Waals surface area contributed by atoms with Crippen LogP contribution in [0.2, 0.25) is 0 Å². The molecule has 28 heavy (non-hydrogen) atoms. The molecule has 0 amide bonds. The topological polar surface area (TPSA) is 54.9 Å².